The number of hydrogen-bond acceptors (Lipinski definition) is 14. The van der Waals surface area contributed by atoms with Gasteiger partial charge in [0.2, 0.25) is 23.6 Å². The summed E-state index contributed by atoms with van der Waals surface area (Å²) in [6.45, 7) is 25.8. The Hall–Kier alpha value is -3.60. The van der Waals surface area contributed by atoms with E-state index in [2.05, 4.69) is 47.6 Å². The zero-order valence-electron chi connectivity index (χ0n) is 37.2. The smallest absolute Gasteiger partial charge is 0.267 e. The molecule has 0 aromatic carbocycles. The molecule has 22 nitrogen and oxygen atoms in total. The summed E-state index contributed by atoms with van der Waals surface area (Å²) in [5, 5.41) is 10.2. The third-order valence-electron chi connectivity index (χ3n) is 6.83. The van der Waals surface area contributed by atoms with Gasteiger partial charge in [-0.2, -0.15) is 33.7 Å². The maximum atomic E-state index is 11.2. The monoisotopic (exact) mass is 986 g/mol. The van der Waals surface area contributed by atoms with Gasteiger partial charge in [-0.3, -0.25) is 37.4 Å². The Balaban J connectivity index is -0.000000374. The van der Waals surface area contributed by atoms with Crippen LogP contribution in [0.15, 0.2) is 48.6 Å². The topological polar surface area (TPSA) is 352 Å². The third-order valence-corrected chi connectivity index (χ3v) is 10.3. The second-order valence-electron chi connectivity index (χ2n) is 14.5. The van der Waals surface area contributed by atoms with Gasteiger partial charge in [0.25, 0.3) is 40.5 Å². The number of nitrogens with one attached hydrogen (secondary N) is 4. The van der Waals surface area contributed by atoms with Gasteiger partial charge in [-0.1, -0.05) is 39.2 Å². The summed E-state index contributed by atoms with van der Waals surface area (Å²) < 4.78 is 127. The average molecular weight is 987 g/mol. The van der Waals surface area contributed by atoms with Gasteiger partial charge in [-0.05, 0) is 73.6 Å². The second kappa shape index (κ2) is 34.8. The Morgan fingerprint density at radius 3 is 1.13 bits per heavy atom. The van der Waals surface area contributed by atoms with E-state index in [4.69, 9.17) is 27.7 Å². The Bertz CT molecular complexity index is 1910. The van der Waals surface area contributed by atoms with E-state index >= 15 is 0 Å². The van der Waals surface area contributed by atoms with Crippen LogP contribution >= 0.6 is 0 Å². The Kier molecular flexibility index (Phi) is 36.4. The van der Waals surface area contributed by atoms with Gasteiger partial charge in [-0.15, -0.1) is 0 Å². The van der Waals surface area contributed by atoms with Gasteiger partial charge in [0.05, 0.1) is 35.2 Å². The van der Waals surface area contributed by atoms with Crippen molar-refractivity contribution in [3.8, 4) is 0 Å². The van der Waals surface area contributed by atoms with E-state index in [9.17, 15) is 52.8 Å². The molecule has 0 aliphatic carbocycles. The van der Waals surface area contributed by atoms with E-state index in [1.165, 1.54) is 20.8 Å². The first kappa shape index (κ1) is 66.0. The lowest BCUT2D eigenvalue weighted by Crippen LogP contribution is -2.48. The molecule has 0 saturated carbocycles. The summed E-state index contributed by atoms with van der Waals surface area (Å²) in [5.41, 5.74) is 0.582. The van der Waals surface area contributed by atoms with Crippen LogP contribution in [0.5, 0.6) is 0 Å². The van der Waals surface area contributed by atoms with Crippen molar-refractivity contribution in [1.29, 1.82) is 0 Å². The van der Waals surface area contributed by atoms with E-state index in [-0.39, 0.29) is 66.5 Å². The van der Waals surface area contributed by atoms with Gasteiger partial charge in [0.1, 0.15) is 0 Å². The van der Waals surface area contributed by atoms with Gasteiger partial charge in [0.15, 0.2) is 0 Å². The fraction of sp³-hybridized carbons (Fsp3) is 0.676. The van der Waals surface area contributed by atoms with Crippen molar-refractivity contribution < 1.29 is 80.5 Å². The molecule has 0 unspecified atom stereocenters. The molecule has 8 N–H and O–H groups in total. The van der Waals surface area contributed by atoms with E-state index in [1.807, 2.05) is 0 Å². The van der Waals surface area contributed by atoms with Gasteiger partial charge >= 0.3 is 0 Å². The number of hydrogen-bond donors (Lipinski definition) is 8. The minimum atomic E-state index is -4.10. The second-order valence-corrected chi connectivity index (χ2v) is 20.7. The standard InChI is InChI=1S/C13H25NO5S.C9H17NO5S.C8H15NO4S.C7H13NO4S/c1-12(2)13(15)14-8-5-3-4-6-9-19-10-7-11-20(16,17)18;1-8(2)9(11)10-4-6-15-5-3-7-16(12,13)14;1-6(2)7(10)9-8(3,4)5-14(11,12)13;1-6(2)7(9)8-4-3-5-13(10,11)12/h1,3-11H2,2H3,(H,14,15)(H,16,17,18);1,3-7H2,2H3,(H,10,11)(H,12,13,14);1,5H2,2-4H3,(H,9,10)(H,11,12,13);1,3-5H2,2H3,(H,8,9)(H,10,11,12). The van der Waals surface area contributed by atoms with E-state index in [0.29, 0.717) is 56.1 Å². The Labute approximate surface area is 374 Å². The molecule has 0 rings (SSSR count). The highest BCUT2D eigenvalue weighted by atomic mass is 32.2. The molecular formula is C37H70N4O18S4. The van der Waals surface area contributed by atoms with Crippen LogP contribution in [0.4, 0.5) is 0 Å². The SMILES string of the molecule is C=C(C)C(=O)NC(C)(C)CS(=O)(=O)O.C=C(C)C(=O)NCCCCCCOCCCS(=O)(=O)O.C=C(C)C(=O)NCCCS(=O)(=O)O.C=C(C)C(=O)NCCOCCCS(=O)(=O)O. The summed E-state index contributed by atoms with van der Waals surface area (Å²) in [5.74, 6) is -2.52. The van der Waals surface area contributed by atoms with Crippen LogP contribution in [0, 0.1) is 0 Å². The van der Waals surface area contributed by atoms with Crippen molar-refractivity contribution in [3.05, 3.63) is 48.6 Å². The lowest BCUT2D eigenvalue weighted by molar-refractivity contribution is -0.119. The van der Waals surface area contributed by atoms with E-state index in [0.717, 1.165) is 25.7 Å². The predicted octanol–water partition coefficient (Wildman–Crippen LogP) is 1.81. The summed E-state index contributed by atoms with van der Waals surface area (Å²) in [4.78, 5) is 44.1. The molecule has 63 heavy (non-hydrogen) atoms. The number of unbranched alkanes of at least 4 members (excludes halogenated alkanes) is 3. The molecule has 0 radical (unpaired) electrons. The molecule has 0 aromatic rings. The van der Waals surface area contributed by atoms with Crippen molar-refractivity contribution in [2.75, 3.05) is 69.1 Å². The molecule has 26 heteroatoms. The molecule has 0 fully saturated rings. The highest BCUT2D eigenvalue weighted by molar-refractivity contribution is 7.86. The first-order valence-corrected chi connectivity index (χ1v) is 25.7. The van der Waals surface area contributed by atoms with Gasteiger partial charge in [-0.25, -0.2) is 0 Å². The largest absolute Gasteiger partial charge is 0.381 e. The summed E-state index contributed by atoms with van der Waals surface area (Å²) in [7, 11) is -15.8. The highest BCUT2D eigenvalue weighted by Gasteiger charge is 2.26. The molecule has 0 atom stereocenters. The Morgan fingerprint density at radius 2 is 0.762 bits per heavy atom. The summed E-state index contributed by atoms with van der Waals surface area (Å²) in [6, 6.07) is 0. The van der Waals surface area contributed by atoms with E-state index in [1.54, 1.807) is 20.8 Å². The van der Waals surface area contributed by atoms with Crippen molar-refractivity contribution in [1.82, 2.24) is 21.3 Å². The zero-order valence-corrected chi connectivity index (χ0v) is 40.5. The first-order chi connectivity index (χ1) is 28.5. The quantitative estimate of drug-likeness (QED) is 0.0301. The third kappa shape index (κ3) is 56.4. The maximum Gasteiger partial charge on any atom is 0.267 e. The molecule has 4 amide bonds. The maximum absolute atomic E-state index is 11.2. The molecule has 0 bridgehead atoms. The molecule has 0 spiro atoms. The molecule has 370 valence electrons. The molecule has 0 aromatic heterocycles. The number of amides is 4. The zero-order chi connectivity index (χ0) is 50.1. The molecule has 0 heterocycles. The Morgan fingerprint density at radius 1 is 0.444 bits per heavy atom. The van der Waals surface area contributed by atoms with E-state index < -0.39 is 57.7 Å². The van der Waals surface area contributed by atoms with Crippen LogP contribution in [0.2, 0.25) is 0 Å². The number of ether oxygens (including phenoxy) is 2. The van der Waals surface area contributed by atoms with Gasteiger partial charge < -0.3 is 30.7 Å². The number of carbonyl (C=O) groups excluding carboxylic acids is 4. The molecule has 0 saturated heterocycles. The fourth-order valence-corrected chi connectivity index (χ4v) is 6.29. The van der Waals surface area contributed by atoms with Crippen LogP contribution in [0.1, 0.15) is 86.5 Å². The lowest BCUT2D eigenvalue weighted by atomic mass is 10.1. The number of rotatable bonds is 29. The highest BCUT2D eigenvalue weighted by Crippen LogP contribution is 2.07. The molecule has 0 aliphatic heterocycles. The molecule has 0 aliphatic rings. The first-order valence-electron chi connectivity index (χ1n) is 19.3. The van der Waals surface area contributed by atoms with Crippen LogP contribution in [0.25, 0.3) is 0 Å². The molecular weight excluding hydrogens is 917 g/mol. The number of carbonyl (C=O) groups is 4. The van der Waals surface area contributed by atoms with Gasteiger partial charge in [0, 0.05) is 61.7 Å². The average Bonchev–Trinajstić information content (AvgIpc) is 3.09. The summed E-state index contributed by atoms with van der Waals surface area (Å²) >= 11 is 0. The van der Waals surface area contributed by atoms with Crippen LogP contribution < -0.4 is 21.3 Å². The summed E-state index contributed by atoms with van der Waals surface area (Å²) in [6.07, 6.45) is 4.56. The fourth-order valence-electron chi connectivity index (χ4n) is 3.83. The minimum Gasteiger partial charge on any atom is -0.381 e. The predicted molar refractivity (Wildman–Crippen MR) is 240 cm³/mol. The van der Waals surface area contributed by atoms with Crippen LogP contribution in [-0.2, 0) is 69.1 Å². The minimum absolute atomic E-state index is 0.104. The van der Waals surface area contributed by atoms with Crippen molar-refractivity contribution >= 4 is 64.1 Å². The normalized spacial score (nSPS) is 11.4. The van der Waals surface area contributed by atoms with Crippen LogP contribution in [0.3, 0.4) is 0 Å². The lowest BCUT2D eigenvalue weighted by Gasteiger charge is -2.24. The van der Waals surface area contributed by atoms with Crippen LogP contribution in [-0.4, -0.2) is 150 Å². The van der Waals surface area contributed by atoms with Crippen molar-refractivity contribution in [2.24, 2.45) is 0 Å². The van der Waals surface area contributed by atoms with Crippen molar-refractivity contribution in [3.63, 3.8) is 0 Å². The van der Waals surface area contributed by atoms with Crippen molar-refractivity contribution in [2.45, 2.75) is 92.0 Å².